The van der Waals surface area contributed by atoms with E-state index in [4.69, 9.17) is 19.3 Å². The predicted octanol–water partition coefficient (Wildman–Crippen LogP) is 1.40. The van der Waals surface area contributed by atoms with Gasteiger partial charge in [-0.15, -0.1) is 10.2 Å². The third-order valence-electron chi connectivity index (χ3n) is 5.68. The van der Waals surface area contributed by atoms with Crippen LogP contribution in [0, 0.1) is 5.41 Å². The van der Waals surface area contributed by atoms with Gasteiger partial charge in [0.25, 0.3) is 5.91 Å². The minimum absolute atomic E-state index is 0.0432. The second-order valence-electron chi connectivity index (χ2n) is 8.54. The van der Waals surface area contributed by atoms with Crippen LogP contribution in [0.15, 0.2) is 27.1 Å². The molecule has 1 fully saturated rings. The van der Waals surface area contributed by atoms with Gasteiger partial charge in [-0.3, -0.25) is 10.1 Å². The number of carbonyl (C=O) groups excluding carboxylic acids is 1. The zero-order valence-corrected chi connectivity index (χ0v) is 24.6. The highest BCUT2D eigenvalue weighted by Gasteiger charge is 2.36. The van der Waals surface area contributed by atoms with Crippen molar-refractivity contribution in [3.63, 3.8) is 0 Å². The molecule has 3 atom stereocenters. The van der Waals surface area contributed by atoms with Gasteiger partial charge >= 0.3 is 5.63 Å². The van der Waals surface area contributed by atoms with Gasteiger partial charge in [0, 0.05) is 57.1 Å². The largest absolute Gasteiger partial charge is 0.488 e. The SMILES string of the molecule is COCC1[SiH2][C@H]1CCCC([SiH3])Nc1cc(C(=O)Nc2nnc(N/C(C)=C\C=N)s2)oc(=O)c1OC. The number of rotatable bonds is 14. The smallest absolute Gasteiger partial charge is 0.381 e. The summed E-state index contributed by atoms with van der Waals surface area (Å²) >= 11 is 1.12. The first kappa shape index (κ1) is 26.8. The number of amides is 1. The van der Waals surface area contributed by atoms with Gasteiger partial charge in [-0.2, -0.15) is 0 Å². The van der Waals surface area contributed by atoms with E-state index in [2.05, 4.69) is 26.1 Å². The van der Waals surface area contributed by atoms with E-state index in [-0.39, 0.29) is 31.8 Å². The van der Waals surface area contributed by atoms with Crippen molar-refractivity contribution in [2.75, 3.05) is 36.8 Å². The Hall–Kier alpha value is -2.82. The summed E-state index contributed by atoms with van der Waals surface area (Å²) < 4.78 is 15.7. The van der Waals surface area contributed by atoms with E-state index in [0.29, 0.717) is 16.5 Å². The van der Waals surface area contributed by atoms with Gasteiger partial charge in [0.05, 0.1) is 12.8 Å². The first-order valence-electron chi connectivity index (χ1n) is 11.4. The highest BCUT2D eigenvalue weighted by atomic mass is 32.1. The lowest BCUT2D eigenvalue weighted by Crippen LogP contribution is -2.23. The summed E-state index contributed by atoms with van der Waals surface area (Å²) in [5, 5.41) is 24.6. The van der Waals surface area contributed by atoms with Gasteiger partial charge in [-0.05, 0) is 30.5 Å². The molecule has 0 radical (unpaired) electrons. The number of aromatic nitrogens is 2. The first-order valence-corrected chi connectivity index (χ1v) is 15.0. The molecular weight excluding hydrogens is 505 g/mol. The normalized spacial score (nSPS) is 18.8. The lowest BCUT2D eigenvalue weighted by atomic mass is 10.1. The highest BCUT2D eigenvalue weighted by Crippen LogP contribution is 2.45. The number of hydrogen-bond acceptors (Lipinski definition) is 11. The Morgan fingerprint density at radius 1 is 1.34 bits per heavy atom. The van der Waals surface area contributed by atoms with Gasteiger partial charge in [0.2, 0.25) is 16.0 Å². The molecule has 0 saturated carbocycles. The second kappa shape index (κ2) is 12.8. The van der Waals surface area contributed by atoms with E-state index in [1.165, 1.54) is 19.6 Å². The summed E-state index contributed by atoms with van der Waals surface area (Å²) in [5.74, 6) is -0.716. The molecule has 0 aromatic carbocycles. The van der Waals surface area contributed by atoms with Crippen LogP contribution in [0.3, 0.4) is 0 Å². The summed E-state index contributed by atoms with van der Waals surface area (Å²) in [6, 6.07) is 1.49. The summed E-state index contributed by atoms with van der Waals surface area (Å²) in [6.07, 6.45) is 6.07. The number of nitrogens with one attached hydrogen (secondary N) is 4. The van der Waals surface area contributed by atoms with Crippen LogP contribution in [0.25, 0.3) is 0 Å². The highest BCUT2D eigenvalue weighted by molar-refractivity contribution is 7.19. The van der Waals surface area contributed by atoms with Crippen LogP contribution in [0.2, 0.25) is 11.1 Å². The zero-order chi connectivity index (χ0) is 25.4. The molecule has 0 spiro atoms. The molecule has 1 aliphatic rings. The van der Waals surface area contributed by atoms with Crippen LogP contribution in [-0.4, -0.2) is 68.6 Å². The molecule has 2 aromatic heterocycles. The Labute approximate surface area is 212 Å². The average Bonchev–Trinajstić information content (AvgIpc) is 3.39. The molecule has 1 amide bonds. The molecule has 1 aliphatic heterocycles. The molecule has 11 nitrogen and oxygen atoms in total. The van der Waals surface area contributed by atoms with Crippen LogP contribution in [0.4, 0.5) is 16.0 Å². The maximum absolute atomic E-state index is 12.7. The molecule has 3 rings (SSSR count). The standard InChI is InChI=1S/C21H32N6O5SSi2/c1-11(7-8-22)23-20-26-27-21(33-20)25-18(28)13-9-12(17(31-3)19(29)32-13)24-16(34)6-4-5-14-15(35-14)10-30-2/h7-9,14-16,22,24H,4-6,10,35H2,1-3,34H3,(H,23,26)(H,25,27,28)/b11-7-,22-8?/t14-,15?,16?/m0/s1. The van der Waals surface area contributed by atoms with Gasteiger partial charge in [-0.1, -0.05) is 24.2 Å². The van der Waals surface area contributed by atoms with Crippen LogP contribution >= 0.6 is 11.3 Å². The van der Waals surface area contributed by atoms with Gasteiger partial charge < -0.3 is 29.9 Å². The van der Waals surface area contributed by atoms with Crippen LogP contribution in [0.1, 0.15) is 36.7 Å². The molecule has 190 valence electrons. The fraction of sp³-hybridized carbons (Fsp3) is 0.476. The third kappa shape index (κ3) is 7.85. The van der Waals surface area contributed by atoms with Crippen LogP contribution in [-0.2, 0) is 4.74 Å². The van der Waals surface area contributed by atoms with E-state index in [0.717, 1.165) is 58.3 Å². The van der Waals surface area contributed by atoms with Crippen molar-refractivity contribution in [3.8, 4) is 5.75 Å². The summed E-state index contributed by atoms with van der Waals surface area (Å²) in [4.78, 5) is 25.2. The number of anilines is 3. The van der Waals surface area contributed by atoms with Crippen molar-refractivity contribution in [2.24, 2.45) is 0 Å². The fourth-order valence-corrected chi connectivity index (χ4v) is 7.13. The number of carbonyl (C=O) groups is 1. The molecule has 1 saturated heterocycles. The molecule has 4 N–H and O–H groups in total. The maximum atomic E-state index is 12.7. The summed E-state index contributed by atoms with van der Waals surface area (Å²) in [6.45, 7) is 2.68. The van der Waals surface area contributed by atoms with Crippen molar-refractivity contribution in [3.05, 3.63) is 34.0 Å². The quantitative estimate of drug-likeness (QED) is 0.207. The predicted molar refractivity (Wildman–Crippen MR) is 145 cm³/mol. The van der Waals surface area contributed by atoms with E-state index in [1.54, 1.807) is 20.1 Å². The molecule has 2 unspecified atom stereocenters. The Kier molecular flexibility index (Phi) is 9.77. The molecule has 2 aromatic rings. The molecule has 3 heterocycles. The van der Waals surface area contributed by atoms with Gasteiger partial charge in [0.1, 0.15) is 0 Å². The Bertz CT molecular complexity index is 1120. The maximum Gasteiger partial charge on any atom is 0.381 e. The first-order chi connectivity index (χ1) is 16.8. The molecule has 0 aliphatic carbocycles. The molecule has 14 heteroatoms. The van der Waals surface area contributed by atoms with Crippen molar-refractivity contribution >= 4 is 59.2 Å². The van der Waals surface area contributed by atoms with E-state index < -0.39 is 11.5 Å². The van der Waals surface area contributed by atoms with E-state index >= 15 is 0 Å². The third-order valence-corrected chi connectivity index (χ3v) is 9.75. The summed E-state index contributed by atoms with van der Waals surface area (Å²) in [7, 11) is 4.08. The van der Waals surface area contributed by atoms with E-state index in [1.807, 2.05) is 0 Å². The lowest BCUT2D eigenvalue weighted by molar-refractivity contribution is 0.0991. The number of methoxy groups -OCH3 is 2. The monoisotopic (exact) mass is 536 g/mol. The topological polar surface area (TPSA) is 151 Å². The van der Waals surface area contributed by atoms with Crippen LogP contribution in [0.5, 0.6) is 5.75 Å². The zero-order valence-electron chi connectivity index (χ0n) is 20.3. The fourth-order valence-electron chi connectivity index (χ4n) is 3.82. The van der Waals surface area contributed by atoms with Crippen molar-refractivity contribution in [1.29, 1.82) is 5.41 Å². The van der Waals surface area contributed by atoms with Gasteiger partial charge in [0.15, 0.2) is 5.76 Å². The molecular formula is C21H32N6O5SSi2. The van der Waals surface area contributed by atoms with Crippen molar-refractivity contribution in [2.45, 2.75) is 42.9 Å². The van der Waals surface area contributed by atoms with Crippen LogP contribution < -0.4 is 26.3 Å². The number of nitrogens with zero attached hydrogens (tertiary/aromatic N) is 2. The molecule has 0 bridgehead atoms. The van der Waals surface area contributed by atoms with Crippen molar-refractivity contribution in [1.82, 2.24) is 10.2 Å². The second-order valence-corrected chi connectivity index (χ2v) is 13.5. The van der Waals surface area contributed by atoms with Gasteiger partial charge in [-0.25, -0.2) is 4.79 Å². The molecule has 35 heavy (non-hydrogen) atoms. The van der Waals surface area contributed by atoms with E-state index in [9.17, 15) is 9.59 Å². The minimum atomic E-state index is -0.727. The Morgan fingerprint density at radius 3 is 2.77 bits per heavy atom. The number of ether oxygens (including phenoxy) is 2. The minimum Gasteiger partial charge on any atom is -0.488 e. The summed E-state index contributed by atoms with van der Waals surface area (Å²) in [5.41, 5.74) is 2.37. The Balaban J connectivity index is 1.61. The lowest BCUT2D eigenvalue weighted by Gasteiger charge is -2.17. The average molecular weight is 537 g/mol. The number of allylic oxidation sites excluding steroid dienone is 2. The van der Waals surface area contributed by atoms with Crippen molar-refractivity contribution < 1.29 is 18.7 Å². The number of hydrogen-bond donors (Lipinski definition) is 4. The Morgan fingerprint density at radius 2 is 2.09 bits per heavy atom.